The molecular formula is C43H72N4O12. The highest BCUT2D eigenvalue weighted by molar-refractivity contribution is 5.84. The number of amides is 4. The highest BCUT2D eigenvalue weighted by atomic mass is 16.6. The van der Waals surface area contributed by atoms with E-state index in [1.165, 1.54) is 0 Å². The Kier molecular flexibility index (Phi) is 18.3. The highest BCUT2D eigenvalue weighted by Gasteiger charge is 2.45. The maximum absolute atomic E-state index is 13.7. The quantitative estimate of drug-likeness (QED) is 0.0474. The van der Waals surface area contributed by atoms with E-state index in [0.29, 0.717) is 25.9 Å². The van der Waals surface area contributed by atoms with Gasteiger partial charge >= 0.3 is 30.2 Å². The summed E-state index contributed by atoms with van der Waals surface area (Å²) >= 11 is 0. The molecule has 0 spiro atoms. The smallest absolute Gasteiger partial charge is 0.407 e. The molecule has 59 heavy (non-hydrogen) atoms. The zero-order valence-electron chi connectivity index (χ0n) is 37.4. The van der Waals surface area contributed by atoms with Crippen LogP contribution in [0.1, 0.15) is 115 Å². The van der Waals surface area contributed by atoms with E-state index in [0.717, 1.165) is 37.8 Å². The van der Waals surface area contributed by atoms with E-state index >= 15 is 0 Å². The summed E-state index contributed by atoms with van der Waals surface area (Å²) in [6.07, 6.45) is 4.57. The first kappa shape index (κ1) is 50.8. The van der Waals surface area contributed by atoms with Crippen molar-refractivity contribution in [2.75, 3.05) is 46.1 Å². The SMILES string of the molecule is C=CC(=O)OCCOC(=O)NCC1(C)CC(NC(=O)OC(C)(C)C(C)COC(C)(C)C(=O)NC2CC(C)(C)CC(C)(CNC(=O)OCCOC(=O)C=C)C2)CC(C)(C)C1. The maximum atomic E-state index is 13.7. The third-order valence-electron chi connectivity index (χ3n) is 11.1. The van der Waals surface area contributed by atoms with Crippen molar-refractivity contribution < 1.29 is 57.2 Å². The number of carbonyl (C=O) groups excluding carboxylic acids is 6. The van der Waals surface area contributed by atoms with Crippen molar-refractivity contribution in [3.8, 4) is 0 Å². The molecule has 5 unspecified atom stereocenters. The van der Waals surface area contributed by atoms with Gasteiger partial charge in [0.25, 0.3) is 5.91 Å². The van der Waals surface area contributed by atoms with Gasteiger partial charge in [-0.3, -0.25) is 4.79 Å². The summed E-state index contributed by atoms with van der Waals surface area (Å²) < 4.78 is 32.1. The molecule has 0 saturated heterocycles. The van der Waals surface area contributed by atoms with E-state index in [-0.39, 0.29) is 78.6 Å². The van der Waals surface area contributed by atoms with Crippen LogP contribution in [0.5, 0.6) is 0 Å². The number of hydrogen-bond acceptors (Lipinski definition) is 12. The molecule has 0 radical (unpaired) electrons. The van der Waals surface area contributed by atoms with E-state index < -0.39 is 41.4 Å². The molecule has 0 aromatic rings. The molecule has 0 bridgehead atoms. The summed E-state index contributed by atoms with van der Waals surface area (Å²) in [4.78, 5) is 74.0. The van der Waals surface area contributed by atoms with Crippen molar-refractivity contribution in [2.24, 2.45) is 27.6 Å². The van der Waals surface area contributed by atoms with Crippen LogP contribution < -0.4 is 21.3 Å². The molecule has 4 amide bonds. The van der Waals surface area contributed by atoms with Gasteiger partial charge in [0, 0.05) is 43.2 Å². The van der Waals surface area contributed by atoms with Crippen LogP contribution in [0.3, 0.4) is 0 Å². The second-order valence-electron chi connectivity index (χ2n) is 19.6. The predicted molar refractivity (Wildman–Crippen MR) is 221 cm³/mol. The first-order chi connectivity index (χ1) is 27.1. The molecule has 2 rings (SSSR count). The summed E-state index contributed by atoms with van der Waals surface area (Å²) in [5.41, 5.74) is -3.09. The van der Waals surface area contributed by atoms with Crippen LogP contribution in [0.25, 0.3) is 0 Å². The Hall–Kier alpha value is -4.34. The van der Waals surface area contributed by atoms with Crippen LogP contribution in [0.4, 0.5) is 14.4 Å². The molecule has 2 aliphatic rings. The molecule has 0 heterocycles. The van der Waals surface area contributed by atoms with Crippen LogP contribution in [0.2, 0.25) is 0 Å². The average molecular weight is 837 g/mol. The van der Waals surface area contributed by atoms with Gasteiger partial charge in [-0.2, -0.15) is 0 Å². The monoisotopic (exact) mass is 837 g/mol. The fourth-order valence-corrected chi connectivity index (χ4v) is 8.58. The normalized spacial score (nSPS) is 24.2. The molecule has 5 atom stereocenters. The van der Waals surface area contributed by atoms with E-state index in [1.54, 1.807) is 13.8 Å². The number of alkyl carbamates (subject to hydrolysis) is 3. The van der Waals surface area contributed by atoms with Crippen molar-refractivity contribution >= 4 is 36.1 Å². The Bertz CT molecular complexity index is 1510. The van der Waals surface area contributed by atoms with Gasteiger partial charge in [0.05, 0.1) is 6.61 Å². The fraction of sp³-hybridized carbons (Fsp3) is 0.767. The van der Waals surface area contributed by atoms with Crippen LogP contribution in [0.15, 0.2) is 25.3 Å². The van der Waals surface area contributed by atoms with Gasteiger partial charge in [0.1, 0.15) is 37.6 Å². The minimum atomic E-state index is -1.20. The average Bonchev–Trinajstić information content (AvgIpc) is 3.10. The topological polar surface area (TPSA) is 206 Å². The zero-order chi connectivity index (χ0) is 44.9. The maximum Gasteiger partial charge on any atom is 0.407 e. The number of esters is 2. The van der Waals surface area contributed by atoms with Gasteiger partial charge in [0.15, 0.2) is 0 Å². The Morgan fingerprint density at radius 1 is 0.644 bits per heavy atom. The molecule has 0 aromatic heterocycles. The number of rotatable bonds is 20. The third kappa shape index (κ3) is 18.2. The number of hydrogen-bond donors (Lipinski definition) is 4. The number of carbonyl (C=O) groups is 6. The number of ether oxygens (including phenoxy) is 6. The van der Waals surface area contributed by atoms with Crippen molar-refractivity contribution in [3.63, 3.8) is 0 Å². The first-order valence-corrected chi connectivity index (χ1v) is 20.5. The largest absolute Gasteiger partial charge is 0.459 e. The summed E-state index contributed by atoms with van der Waals surface area (Å²) in [5.74, 6) is -1.75. The molecule has 0 aromatic carbocycles. The van der Waals surface area contributed by atoms with Gasteiger partial charge in [-0.05, 0) is 87.9 Å². The van der Waals surface area contributed by atoms with Gasteiger partial charge in [-0.25, -0.2) is 24.0 Å². The van der Waals surface area contributed by atoms with Gasteiger partial charge in [-0.15, -0.1) is 0 Å². The van der Waals surface area contributed by atoms with Crippen LogP contribution in [-0.4, -0.2) is 106 Å². The Morgan fingerprint density at radius 2 is 1.05 bits per heavy atom. The standard InChI is InChI=1S/C43H72N4O12/c1-14-32(48)54-16-18-56-35(51)44-27-42(12)22-30(20-38(4,5)25-42)46-34(50)41(10,11)58-24-29(3)40(8,9)59-37(53)47-31-21-39(6,7)26-43(13,23-31)28-45-36(52)57-19-17-55-33(49)15-2/h14-15,29-31H,1-2,16-28H2,3-13H3,(H,44,51)(H,45,52)(H,46,50)(H,47,53). The molecule has 2 saturated carbocycles. The molecular weight excluding hydrogens is 764 g/mol. The third-order valence-corrected chi connectivity index (χ3v) is 11.1. The lowest BCUT2D eigenvalue weighted by atomic mass is 9.62. The Balaban J connectivity index is 1.89. The molecule has 2 aliphatic carbocycles. The summed E-state index contributed by atoms with van der Waals surface area (Å²) in [6.45, 7) is 28.7. The molecule has 4 N–H and O–H groups in total. The van der Waals surface area contributed by atoms with E-state index in [1.807, 2.05) is 20.8 Å². The summed E-state index contributed by atoms with van der Waals surface area (Å²) in [7, 11) is 0. The van der Waals surface area contributed by atoms with E-state index in [2.05, 4.69) is 76.0 Å². The van der Waals surface area contributed by atoms with Crippen molar-refractivity contribution in [2.45, 2.75) is 138 Å². The van der Waals surface area contributed by atoms with Crippen LogP contribution in [-0.2, 0) is 42.8 Å². The second-order valence-corrected chi connectivity index (χ2v) is 19.6. The van der Waals surface area contributed by atoms with Gasteiger partial charge in [-0.1, -0.05) is 61.6 Å². The van der Waals surface area contributed by atoms with Gasteiger partial charge in [0.2, 0.25) is 0 Å². The Morgan fingerprint density at radius 3 is 1.47 bits per heavy atom. The molecule has 16 nitrogen and oxygen atoms in total. The van der Waals surface area contributed by atoms with Crippen molar-refractivity contribution in [1.82, 2.24) is 21.3 Å². The summed E-state index contributed by atoms with van der Waals surface area (Å²) in [5, 5.41) is 11.9. The first-order valence-electron chi connectivity index (χ1n) is 20.5. The molecule has 2 fully saturated rings. The second kappa shape index (κ2) is 21.3. The minimum Gasteiger partial charge on any atom is -0.459 e. The lowest BCUT2D eigenvalue weighted by Crippen LogP contribution is -2.55. The number of nitrogens with one attached hydrogen (secondary N) is 4. The fourth-order valence-electron chi connectivity index (χ4n) is 8.58. The van der Waals surface area contributed by atoms with Crippen molar-refractivity contribution in [1.29, 1.82) is 0 Å². The van der Waals surface area contributed by atoms with E-state index in [4.69, 9.17) is 28.4 Å². The van der Waals surface area contributed by atoms with Crippen molar-refractivity contribution in [3.05, 3.63) is 25.3 Å². The minimum absolute atomic E-state index is 0.0732. The highest BCUT2D eigenvalue weighted by Crippen LogP contribution is 2.47. The van der Waals surface area contributed by atoms with Crippen LogP contribution in [0, 0.1) is 27.6 Å². The van der Waals surface area contributed by atoms with Crippen LogP contribution >= 0.6 is 0 Å². The molecule has 336 valence electrons. The molecule has 0 aliphatic heterocycles. The lowest BCUT2D eigenvalue weighted by molar-refractivity contribution is -0.149. The van der Waals surface area contributed by atoms with E-state index in [9.17, 15) is 28.8 Å². The Labute approximate surface area is 351 Å². The zero-order valence-corrected chi connectivity index (χ0v) is 37.4. The van der Waals surface area contributed by atoms with Gasteiger partial charge < -0.3 is 49.7 Å². The predicted octanol–water partition coefficient (Wildman–Crippen LogP) is 6.12. The lowest BCUT2D eigenvalue weighted by Gasteiger charge is -2.47. The molecule has 16 heteroatoms. The summed E-state index contributed by atoms with van der Waals surface area (Å²) in [6, 6.07) is -0.387.